The van der Waals surface area contributed by atoms with Crippen molar-refractivity contribution >= 4 is 11.7 Å². The lowest BCUT2D eigenvalue weighted by atomic mass is 9.72. The molecule has 2 heterocycles. The molecule has 0 spiro atoms. The molecule has 2 aliphatic carbocycles. The van der Waals surface area contributed by atoms with E-state index in [-0.39, 0.29) is 17.6 Å². The lowest BCUT2D eigenvalue weighted by Crippen LogP contribution is -2.48. The van der Waals surface area contributed by atoms with Gasteiger partial charge in [0.25, 0.3) is 5.91 Å². The van der Waals surface area contributed by atoms with Gasteiger partial charge in [-0.3, -0.25) is 9.59 Å². The fourth-order valence-corrected chi connectivity index (χ4v) is 5.33. The average molecular weight is 395 g/mol. The van der Waals surface area contributed by atoms with Gasteiger partial charge in [-0.25, -0.2) is 4.39 Å². The Hall–Kier alpha value is -2.47. The van der Waals surface area contributed by atoms with Crippen LogP contribution in [0.25, 0.3) is 0 Å². The predicted molar refractivity (Wildman–Crippen MR) is 108 cm³/mol. The van der Waals surface area contributed by atoms with Gasteiger partial charge in [-0.05, 0) is 74.4 Å². The molecule has 1 aromatic heterocycles. The van der Waals surface area contributed by atoms with Crippen molar-refractivity contribution < 1.29 is 14.0 Å². The van der Waals surface area contributed by atoms with Crippen LogP contribution in [0.2, 0.25) is 0 Å². The molecule has 3 aliphatic rings. The Labute approximate surface area is 169 Å². The van der Waals surface area contributed by atoms with E-state index in [2.05, 4.69) is 15.2 Å². The van der Waals surface area contributed by atoms with Crippen LogP contribution in [0, 0.1) is 17.7 Å². The summed E-state index contributed by atoms with van der Waals surface area (Å²) in [7, 11) is 0. The zero-order chi connectivity index (χ0) is 20.0. The SMILES string of the molecule is O=C(NCCN1CC[C@H]2Cc3[nH]c4c(c3C(=O)[C@@H]2C1)CCC4)c1ccc(F)cc1. The van der Waals surface area contributed by atoms with E-state index >= 15 is 0 Å². The number of likely N-dealkylation sites (tertiary alicyclic amines) is 1. The molecule has 29 heavy (non-hydrogen) atoms. The Bertz CT molecular complexity index is 950. The van der Waals surface area contributed by atoms with Gasteiger partial charge in [0, 0.05) is 48.1 Å². The molecular weight excluding hydrogens is 369 g/mol. The zero-order valence-electron chi connectivity index (χ0n) is 16.5. The topological polar surface area (TPSA) is 65.2 Å². The molecule has 2 aromatic rings. The van der Waals surface area contributed by atoms with Crippen molar-refractivity contribution in [3.8, 4) is 0 Å². The number of aromatic amines is 1. The predicted octanol–water partition coefficient (Wildman–Crippen LogP) is 2.75. The van der Waals surface area contributed by atoms with Gasteiger partial charge < -0.3 is 15.2 Å². The van der Waals surface area contributed by atoms with Crippen LogP contribution < -0.4 is 5.32 Å². The number of carbonyl (C=O) groups is 2. The van der Waals surface area contributed by atoms with Crippen LogP contribution in [-0.2, 0) is 19.3 Å². The van der Waals surface area contributed by atoms with Crippen LogP contribution in [0.1, 0.15) is 50.5 Å². The molecule has 0 bridgehead atoms. The molecule has 0 unspecified atom stereocenters. The Morgan fingerprint density at radius 3 is 2.86 bits per heavy atom. The van der Waals surface area contributed by atoms with Crippen LogP contribution in [-0.4, -0.2) is 47.8 Å². The number of fused-ring (bicyclic) bond motifs is 4. The molecule has 2 atom stereocenters. The molecule has 1 saturated heterocycles. The smallest absolute Gasteiger partial charge is 0.251 e. The molecule has 0 radical (unpaired) electrons. The maximum atomic E-state index is 13.3. The highest BCUT2D eigenvalue weighted by molar-refractivity contribution is 6.02. The van der Waals surface area contributed by atoms with E-state index in [1.807, 2.05) is 0 Å². The minimum atomic E-state index is -0.349. The average Bonchev–Trinajstić information content (AvgIpc) is 3.30. The van der Waals surface area contributed by atoms with E-state index in [4.69, 9.17) is 0 Å². The van der Waals surface area contributed by atoms with Crippen molar-refractivity contribution in [2.45, 2.75) is 32.1 Å². The van der Waals surface area contributed by atoms with Gasteiger partial charge in [0.15, 0.2) is 5.78 Å². The minimum Gasteiger partial charge on any atom is -0.361 e. The highest BCUT2D eigenvalue weighted by Crippen LogP contribution is 2.40. The summed E-state index contributed by atoms with van der Waals surface area (Å²) in [5, 5.41) is 2.90. The van der Waals surface area contributed by atoms with Crippen molar-refractivity contribution in [2.75, 3.05) is 26.2 Å². The number of piperidine rings is 1. The molecule has 5 rings (SSSR count). The quantitative estimate of drug-likeness (QED) is 0.837. The summed E-state index contributed by atoms with van der Waals surface area (Å²) >= 11 is 0. The maximum Gasteiger partial charge on any atom is 0.251 e. The van der Waals surface area contributed by atoms with Gasteiger partial charge in [-0.1, -0.05) is 0 Å². The molecule has 1 fully saturated rings. The Balaban J connectivity index is 1.19. The van der Waals surface area contributed by atoms with E-state index < -0.39 is 0 Å². The fraction of sp³-hybridized carbons (Fsp3) is 0.478. The Morgan fingerprint density at radius 2 is 2.03 bits per heavy atom. The third kappa shape index (κ3) is 3.39. The monoisotopic (exact) mass is 395 g/mol. The molecule has 2 N–H and O–H groups in total. The number of nitrogens with one attached hydrogen (secondary N) is 2. The van der Waals surface area contributed by atoms with Crippen molar-refractivity contribution in [3.63, 3.8) is 0 Å². The number of hydrogen-bond donors (Lipinski definition) is 2. The number of aryl methyl sites for hydroxylation is 1. The second-order valence-corrected chi connectivity index (χ2v) is 8.58. The third-order valence-electron chi connectivity index (χ3n) is 6.83. The largest absolute Gasteiger partial charge is 0.361 e. The second kappa shape index (κ2) is 7.41. The van der Waals surface area contributed by atoms with E-state index in [1.165, 1.54) is 41.2 Å². The van der Waals surface area contributed by atoms with Gasteiger partial charge in [0.05, 0.1) is 0 Å². The first-order chi connectivity index (χ1) is 14.1. The summed E-state index contributed by atoms with van der Waals surface area (Å²) in [4.78, 5) is 31.3. The molecule has 1 aromatic carbocycles. The number of amides is 1. The van der Waals surface area contributed by atoms with Crippen molar-refractivity contribution in [2.24, 2.45) is 11.8 Å². The van der Waals surface area contributed by atoms with Crippen LogP contribution in [0.3, 0.4) is 0 Å². The number of rotatable bonds is 4. The molecule has 0 saturated carbocycles. The number of halogens is 1. The summed E-state index contributed by atoms with van der Waals surface area (Å²) in [6.07, 6.45) is 5.27. The van der Waals surface area contributed by atoms with Crippen molar-refractivity contribution in [3.05, 3.63) is 58.2 Å². The molecule has 152 valence electrons. The summed E-state index contributed by atoms with van der Waals surface area (Å²) in [5.41, 5.74) is 5.22. The number of benzene rings is 1. The second-order valence-electron chi connectivity index (χ2n) is 8.58. The number of aromatic nitrogens is 1. The number of H-pyrrole nitrogens is 1. The Morgan fingerprint density at radius 1 is 1.21 bits per heavy atom. The zero-order valence-corrected chi connectivity index (χ0v) is 16.5. The molecule has 1 aliphatic heterocycles. The number of hydrogen-bond acceptors (Lipinski definition) is 3. The van der Waals surface area contributed by atoms with Crippen LogP contribution >= 0.6 is 0 Å². The Kier molecular flexibility index (Phi) is 4.74. The summed E-state index contributed by atoms with van der Waals surface area (Å²) < 4.78 is 13.0. The van der Waals surface area contributed by atoms with Crippen LogP contribution in [0.5, 0.6) is 0 Å². The van der Waals surface area contributed by atoms with Gasteiger partial charge >= 0.3 is 0 Å². The lowest BCUT2D eigenvalue weighted by Gasteiger charge is -2.40. The molecular formula is C23H26FN3O2. The third-order valence-corrected chi connectivity index (χ3v) is 6.83. The van der Waals surface area contributed by atoms with Crippen LogP contribution in [0.15, 0.2) is 24.3 Å². The fourth-order valence-electron chi connectivity index (χ4n) is 5.33. The van der Waals surface area contributed by atoms with Gasteiger partial charge in [-0.15, -0.1) is 0 Å². The first kappa shape index (κ1) is 18.6. The molecule has 6 heteroatoms. The standard InChI is InChI=1S/C23H26FN3O2/c24-16-6-4-14(5-7-16)23(29)25-9-11-27-10-8-15-12-20-21(22(28)18(15)13-27)17-2-1-3-19(17)26-20/h4-7,15,18,26H,1-3,8-13H2,(H,25,29)/t15-,18+/m0/s1. The number of carbonyl (C=O) groups excluding carboxylic acids is 2. The lowest BCUT2D eigenvalue weighted by molar-refractivity contribution is 0.0656. The van der Waals surface area contributed by atoms with E-state index in [9.17, 15) is 14.0 Å². The highest BCUT2D eigenvalue weighted by Gasteiger charge is 2.42. The summed E-state index contributed by atoms with van der Waals surface area (Å²) in [6, 6.07) is 5.56. The number of Topliss-reactive ketones (excluding diaryl/α,β-unsaturated/α-hetero) is 1. The van der Waals surface area contributed by atoms with Gasteiger partial charge in [0.1, 0.15) is 5.82 Å². The van der Waals surface area contributed by atoms with Crippen LogP contribution in [0.4, 0.5) is 4.39 Å². The van der Waals surface area contributed by atoms with Gasteiger partial charge in [0.2, 0.25) is 0 Å². The molecule has 5 nitrogen and oxygen atoms in total. The van der Waals surface area contributed by atoms with E-state index in [0.717, 1.165) is 57.3 Å². The first-order valence-electron chi connectivity index (χ1n) is 10.6. The van der Waals surface area contributed by atoms with E-state index in [1.54, 1.807) is 0 Å². The summed E-state index contributed by atoms with van der Waals surface area (Å²) in [6.45, 7) is 2.97. The van der Waals surface area contributed by atoms with Crippen molar-refractivity contribution in [1.29, 1.82) is 0 Å². The molecule has 1 amide bonds. The van der Waals surface area contributed by atoms with Crippen molar-refractivity contribution in [1.82, 2.24) is 15.2 Å². The van der Waals surface area contributed by atoms with E-state index in [0.29, 0.717) is 23.8 Å². The number of nitrogens with zero attached hydrogens (tertiary/aromatic N) is 1. The maximum absolute atomic E-state index is 13.3. The van der Waals surface area contributed by atoms with Gasteiger partial charge in [-0.2, -0.15) is 0 Å². The normalized spacial score (nSPS) is 23.4. The first-order valence-corrected chi connectivity index (χ1v) is 10.6. The highest BCUT2D eigenvalue weighted by atomic mass is 19.1. The minimum absolute atomic E-state index is 0.0737. The number of ketones is 1. The summed E-state index contributed by atoms with van der Waals surface area (Å²) in [5.74, 6) is 0.290.